The lowest BCUT2D eigenvalue weighted by Gasteiger charge is -2.09. The molecule has 0 spiro atoms. The van der Waals surface area contributed by atoms with Gasteiger partial charge in [-0.15, -0.1) is 0 Å². The standard InChI is InChI=1S/C19H20N8O2/c20-16(28)10-2-4-14-12(8-10)24-18(22)26(14)6-1-7-27-15-5-3-11(17(21)29)9-13(15)25-19(27)23/h2-5,8-9H,1,6-7H2,(H2,20,28)(H2,21,29)(H2,22,24)(H2,23,25). The number of nitrogens with two attached hydrogens (primary N) is 4. The van der Waals surface area contributed by atoms with Crippen LogP contribution in [0.25, 0.3) is 22.1 Å². The van der Waals surface area contributed by atoms with Crippen LogP contribution in [0.5, 0.6) is 0 Å². The Labute approximate surface area is 165 Å². The van der Waals surface area contributed by atoms with Crippen molar-refractivity contribution in [2.75, 3.05) is 11.5 Å². The van der Waals surface area contributed by atoms with Gasteiger partial charge in [-0.25, -0.2) is 9.97 Å². The van der Waals surface area contributed by atoms with Gasteiger partial charge in [0.25, 0.3) is 0 Å². The maximum atomic E-state index is 11.3. The Hall–Kier alpha value is -4.08. The lowest BCUT2D eigenvalue weighted by atomic mass is 10.2. The largest absolute Gasteiger partial charge is 0.369 e. The van der Waals surface area contributed by atoms with Gasteiger partial charge in [-0.1, -0.05) is 0 Å². The van der Waals surface area contributed by atoms with Gasteiger partial charge in [0.2, 0.25) is 23.7 Å². The first-order valence-corrected chi connectivity index (χ1v) is 8.96. The summed E-state index contributed by atoms with van der Waals surface area (Å²) in [6, 6.07) is 10.1. The van der Waals surface area contributed by atoms with Crippen LogP contribution in [0.1, 0.15) is 27.1 Å². The summed E-state index contributed by atoms with van der Waals surface area (Å²) < 4.78 is 3.75. The molecule has 0 aliphatic carbocycles. The lowest BCUT2D eigenvalue weighted by Crippen LogP contribution is -2.11. The highest BCUT2D eigenvalue weighted by molar-refractivity contribution is 5.97. The summed E-state index contributed by atoms with van der Waals surface area (Å²) in [5.74, 6) is -0.309. The average Bonchev–Trinajstić information content (AvgIpc) is 3.16. The minimum Gasteiger partial charge on any atom is -0.369 e. The molecule has 0 saturated carbocycles. The highest BCUT2D eigenvalue weighted by atomic mass is 16.1. The highest BCUT2D eigenvalue weighted by Gasteiger charge is 2.13. The van der Waals surface area contributed by atoms with E-state index in [1.807, 2.05) is 9.13 Å². The zero-order chi connectivity index (χ0) is 20.7. The number of aromatic nitrogens is 4. The van der Waals surface area contributed by atoms with E-state index >= 15 is 0 Å². The molecule has 0 radical (unpaired) electrons. The molecule has 2 aromatic heterocycles. The number of anilines is 2. The van der Waals surface area contributed by atoms with Crippen LogP contribution in [0.2, 0.25) is 0 Å². The van der Waals surface area contributed by atoms with E-state index in [1.54, 1.807) is 36.4 Å². The number of carbonyl (C=O) groups excluding carboxylic acids is 2. The van der Waals surface area contributed by atoms with Crippen molar-refractivity contribution in [1.82, 2.24) is 19.1 Å². The Morgan fingerprint density at radius 3 is 1.55 bits per heavy atom. The van der Waals surface area contributed by atoms with E-state index in [0.29, 0.717) is 53.6 Å². The predicted octanol–water partition coefficient (Wildman–Crippen LogP) is 0.838. The zero-order valence-electron chi connectivity index (χ0n) is 15.5. The first-order valence-electron chi connectivity index (χ1n) is 8.96. The lowest BCUT2D eigenvalue weighted by molar-refractivity contribution is 0.0992. The first kappa shape index (κ1) is 18.3. The summed E-state index contributed by atoms with van der Waals surface area (Å²) in [5, 5.41) is 0. The molecule has 10 heteroatoms. The summed E-state index contributed by atoms with van der Waals surface area (Å²) in [6.45, 7) is 1.19. The summed E-state index contributed by atoms with van der Waals surface area (Å²) in [7, 11) is 0. The molecule has 0 aliphatic heterocycles. The fraction of sp³-hybridized carbons (Fsp3) is 0.158. The number of primary amides is 2. The van der Waals surface area contributed by atoms with Crippen molar-refractivity contribution in [3.05, 3.63) is 47.5 Å². The number of carbonyl (C=O) groups is 2. The molecule has 4 aromatic rings. The SMILES string of the molecule is NC(=O)c1ccc2c(c1)nc(N)n2CCCn1c(N)nc2cc(C(N)=O)ccc21. The second-order valence-electron chi connectivity index (χ2n) is 6.73. The number of imidazole rings is 2. The van der Waals surface area contributed by atoms with E-state index in [9.17, 15) is 9.59 Å². The molecule has 2 amide bonds. The van der Waals surface area contributed by atoms with E-state index < -0.39 is 11.8 Å². The molecule has 29 heavy (non-hydrogen) atoms. The second kappa shape index (κ2) is 6.82. The first-order chi connectivity index (χ1) is 13.8. The fourth-order valence-electron chi connectivity index (χ4n) is 3.46. The van der Waals surface area contributed by atoms with Crippen LogP contribution in [0.4, 0.5) is 11.9 Å². The van der Waals surface area contributed by atoms with Gasteiger partial charge in [-0.05, 0) is 42.8 Å². The number of hydrogen-bond acceptors (Lipinski definition) is 6. The van der Waals surface area contributed by atoms with Crippen LogP contribution in [-0.2, 0) is 13.1 Å². The normalized spacial score (nSPS) is 11.3. The van der Waals surface area contributed by atoms with Gasteiger partial charge in [0.05, 0.1) is 22.1 Å². The van der Waals surface area contributed by atoms with Crippen molar-refractivity contribution in [3.63, 3.8) is 0 Å². The number of amides is 2. The number of nitrogen functional groups attached to an aromatic ring is 2. The maximum absolute atomic E-state index is 11.3. The summed E-state index contributed by atoms with van der Waals surface area (Å²) in [4.78, 5) is 31.3. The number of fused-ring (bicyclic) bond motifs is 2. The van der Waals surface area contributed by atoms with Gasteiger partial charge in [0.15, 0.2) is 0 Å². The second-order valence-corrected chi connectivity index (χ2v) is 6.73. The molecule has 2 aromatic carbocycles. The summed E-state index contributed by atoms with van der Waals surface area (Å²) >= 11 is 0. The Morgan fingerprint density at radius 1 is 0.759 bits per heavy atom. The van der Waals surface area contributed by atoms with Gasteiger partial charge >= 0.3 is 0 Å². The number of nitrogens with zero attached hydrogens (tertiary/aromatic N) is 4. The Morgan fingerprint density at radius 2 is 1.17 bits per heavy atom. The predicted molar refractivity (Wildman–Crippen MR) is 110 cm³/mol. The molecule has 4 rings (SSSR count). The monoisotopic (exact) mass is 392 g/mol. The van der Waals surface area contributed by atoms with Gasteiger partial charge in [0.1, 0.15) is 0 Å². The van der Waals surface area contributed by atoms with E-state index in [1.165, 1.54) is 0 Å². The molecule has 0 bridgehead atoms. The van der Waals surface area contributed by atoms with Crippen molar-refractivity contribution in [2.24, 2.45) is 11.5 Å². The minimum atomic E-state index is -0.512. The molecule has 0 atom stereocenters. The van der Waals surface area contributed by atoms with Crippen LogP contribution in [0.15, 0.2) is 36.4 Å². The van der Waals surface area contributed by atoms with E-state index in [2.05, 4.69) is 9.97 Å². The quantitative estimate of drug-likeness (QED) is 0.378. The maximum Gasteiger partial charge on any atom is 0.248 e. The molecule has 0 unspecified atom stereocenters. The Kier molecular flexibility index (Phi) is 4.30. The molecule has 8 N–H and O–H groups in total. The smallest absolute Gasteiger partial charge is 0.248 e. The Balaban J connectivity index is 1.56. The number of aryl methyl sites for hydroxylation is 2. The molecule has 10 nitrogen and oxygen atoms in total. The van der Waals surface area contributed by atoms with Gasteiger partial charge in [0, 0.05) is 24.2 Å². The van der Waals surface area contributed by atoms with Crippen LogP contribution < -0.4 is 22.9 Å². The van der Waals surface area contributed by atoms with Crippen LogP contribution >= 0.6 is 0 Å². The summed E-state index contributed by atoms with van der Waals surface area (Å²) in [6.07, 6.45) is 0.709. The van der Waals surface area contributed by atoms with Crippen LogP contribution in [0.3, 0.4) is 0 Å². The van der Waals surface area contributed by atoms with E-state index in [-0.39, 0.29) is 0 Å². The highest BCUT2D eigenvalue weighted by Crippen LogP contribution is 2.22. The number of hydrogen-bond donors (Lipinski definition) is 4. The molecule has 2 heterocycles. The van der Waals surface area contributed by atoms with Crippen molar-refractivity contribution < 1.29 is 9.59 Å². The molecular formula is C19H20N8O2. The molecule has 0 saturated heterocycles. The van der Waals surface area contributed by atoms with Crippen LogP contribution in [-0.4, -0.2) is 30.9 Å². The molecule has 0 aliphatic rings. The molecule has 148 valence electrons. The van der Waals surface area contributed by atoms with Crippen molar-refractivity contribution in [3.8, 4) is 0 Å². The van der Waals surface area contributed by atoms with Gasteiger partial charge in [-0.3, -0.25) is 9.59 Å². The van der Waals surface area contributed by atoms with Gasteiger partial charge < -0.3 is 32.1 Å². The summed E-state index contributed by atoms with van der Waals surface area (Å²) in [5.41, 5.74) is 26.4. The Bertz CT molecular complexity index is 1170. The third-order valence-electron chi connectivity index (χ3n) is 4.89. The van der Waals surface area contributed by atoms with E-state index in [4.69, 9.17) is 22.9 Å². The third kappa shape index (κ3) is 3.20. The van der Waals surface area contributed by atoms with Crippen molar-refractivity contribution >= 4 is 45.8 Å². The van der Waals surface area contributed by atoms with E-state index in [0.717, 1.165) is 11.0 Å². The minimum absolute atomic E-state index is 0.358. The van der Waals surface area contributed by atoms with Crippen LogP contribution in [0, 0.1) is 0 Å². The topological polar surface area (TPSA) is 174 Å². The third-order valence-corrected chi connectivity index (χ3v) is 4.89. The average molecular weight is 392 g/mol. The van der Waals surface area contributed by atoms with Gasteiger partial charge in [-0.2, -0.15) is 0 Å². The van der Waals surface area contributed by atoms with Crippen molar-refractivity contribution in [1.29, 1.82) is 0 Å². The van der Waals surface area contributed by atoms with Crippen molar-refractivity contribution in [2.45, 2.75) is 19.5 Å². The number of benzene rings is 2. The molecular weight excluding hydrogens is 372 g/mol. The number of rotatable bonds is 6. The molecule has 0 fully saturated rings. The fourth-order valence-corrected chi connectivity index (χ4v) is 3.46. The zero-order valence-corrected chi connectivity index (χ0v) is 15.5.